The zero-order chi connectivity index (χ0) is 17.3. The van der Waals surface area contributed by atoms with Crippen LogP contribution >= 0.6 is 15.9 Å². The number of halogens is 3. The first-order valence-corrected chi connectivity index (χ1v) is 7.67. The van der Waals surface area contributed by atoms with E-state index in [2.05, 4.69) is 25.9 Å². The highest BCUT2D eigenvalue weighted by atomic mass is 79.9. The molecule has 7 heteroatoms. The van der Waals surface area contributed by atoms with Crippen LogP contribution in [0.5, 0.6) is 0 Å². The zero-order valence-corrected chi connectivity index (χ0v) is 13.8. The summed E-state index contributed by atoms with van der Waals surface area (Å²) in [6.07, 6.45) is 2.70. The average molecular weight is 389 g/mol. The lowest BCUT2D eigenvalue weighted by atomic mass is 10.0. The molecule has 0 saturated carbocycles. The molecule has 0 atom stereocenters. The van der Waals surface area contributed by atoms with Gasteiger partial charge >= 0.3 is 0 Å². The summed E-state index contributed by atoms with van der Waals surface area (Å²) in [7, 11) is 0. The molecule has 1 aromatic carbocycles. The van der Waals surface area contributed by atoms with Gasteiger partial charge in [0.1, 0.15) is 0 Å². The largest absolute Gasteiger partial charge is 0.398 e. The van der Waals surface area contributed by atoms with Crippen molar-refractivity contribution in [3.63, 3.8) is 0 Å². The Morgan fingerprint density at radius 1 is 1.08 bits per heavy atom. The van der Waals surface area contributed by atoms with Crippen molar-refractivity contribution in [2.75, 3.05) is 0 Å². The highest BCUT2D eigenvalue weighted by Gasteiger charge is 2.11. The molecule has 0 aliphatic carbocycles. The molecule has 2 heterocycles. The second-order valence-electron chi connectivity index (χ2n) is 4.99. The number of benzene rings is 1. The lowest BCUT2D eigenvalue weighted by Gasteiger charge is -2.09. The maximum Gasteiger partial charge on any atom is 0.159 e. The third-order valence-electron chi connectivity index (χ3n) is 3.45. The first kappa shape index (κ1) is 16.2. The van der Waals surface area contributed by atoms with Crippen molar-refractivity contribution < 1.29 is 8.78 Å². The predicted molar refractivity (Wildman–Crippen MR) is 93.4 cm³/mol. The Bertz CT molecular complexity index is 985. The zero-order valence-electron chi connectivity index (χ0n) is 12.2. The van der Waals surface area contributed by atoms with Gasteiger partial charge in [0.2, 0.25) is 0 Å². The summed E-state index contributed by atoms with van der Waals surface area (Å²) in [6, 6.07) is 8.57. The molecule has 0 radical (unpaired) electrons. The summed E-state index contributed by atoms with van der Waals surface area (Å²) in [4.78, 5) is 8.67. The van der Waals surface area contributed by atoms with Crippen LogP contribution in [0, 0.1) is 17.0 Å². The first-order valence-electron chi connectivity index (χ1n) is 6.88. The lowest BCUT2D eigenvalue weighted by Crippen LogP contribution is -2.04. The Hall–Kier alpha value is -2.67. The minimum absolute atomic E-state index is 0.138. The minimum Gasteiger partial charge on any atom is -0.398 e. The van der Waals surface area contributed by atoms with E-state index in [-0.39, 0.29) is 11.3 Å². The van der Waals surface area contributed by atoms with Gasteiger partial charge in [-0.3, -0.25) is 4.98 Å². The van der Waals surface area contributed by atoms with Crippen LogP contribution in [-0.4, -0.2) is 16.2 Å². The van der Waals surface area contributed by atoms with Crippen LogP contribution in [0.25, 0.3) is 22.3 Å². The standard InChI is InChI=1S/C17H11BrF2N4/c18-10-6-16-15(23-8-10)4-3-14(24-16)11(7-21)17(22)9-1-2-12(19)13(20)5-9/h1-8,21H,22H2/b17-11+,21-7?. The fourth-order valence-electron chi connectivity index (χ4n) is 2.24. The van der Waals surface area contributed by atoms with Crippen molar-refractivity contribution in [3.05, 3.63) is 70.0 Å². The van der Waals surface area contributed by atoms with Crippen LogP contribution in [0.1, 0.15) is 11.3 Å². The Morgan fingerprint density at radius 2 is 1.88 bits per heavy atom. The number of hydrogen-bond donors (Lipinski definition) is 2. The predicted octanol–water partition coefficient (Wildman–Crippen LogP) is 4.15. The van der Waals surface area contributed by atoms with E-state index in [1.165, 1.54) is 6.07 Å². The molecule has 120 valence electrons. The lowest BCUT2D eigenvalue weighted by molar-refractivity contribution is 0.508. The molecular weight excluding hydrogens is 378 g/mol. The molecule has 3 rings (SSSR count). The minimum atomic E-state index is -1.00. The fraction of sp³-hybridized carbons (Fsp3) is 0. The van der Waals surface area contributed by atoms with E-state index in [1.807, 2.05) is 0 Å². The van der Waals surface area contributed by atoms with Crippen LogP contribution in [-0.2, 0) is 0 Å². The van der Waals surface area contributed by atoms with Crippen LogP contribution in [0.2, 0.25) is 0 Å². The number of nitrogens with two attached hydrogens (primary N) is 1. The van der Waals surface area contributed by atoms with Gasteiger partial charge in [-0.15, -0.1) is 0 Å². The summed E-state index contributed by atoms with van der Waals surface area (Å²) in [5, 5.41) is 7.63. The molecule has 4 nitrogen and oxygen atoms in total. The highest BCUT2D eigenvalue weighted by molar-refractivity contribution is 9.10. The molecule has 0 spiro atoms. The van der Waals surface area contributed by atoms with Gasteiger partial charge in [-0.2, -0.15) is 0 Å². The molecule has 0 saturated heterocycles. The van der Waals surface area contributed by atoms with Gasteiger partial charge in [0.05, 0.1) is 16.7 Å². The van der Waals surface area contributed by atoms with Gasteiger partial charge in [0.15, 0.2) is 11.6 Å². The van der Waals surface area contributed by atoms with E-state index in [0.717, 1.165) is 22.8 Å². The second-order valence-corrected chi connectivity index (χ2v) is 5.90. The summed E-state index contributed by atoms with van der Waals surface area (Å²) in [5.74, 6) is -1.96. The number of nitrogens with one attached hydrogen (secondary N) is 1. The summed E-state index contributed by atoms with van der Waals surface area (Å²) < 4.78 is 27.3. The average Bonchev–Trinajstić information content (AvgIpc) is 2.57. The molecule has 0 aliphatic heterocycles. The Kier molecular flexibility index (Phi) is 4.35. The summed E-state index contributed by atoms with van der Waals surface area (Å²) >= 11 is 3.33. The number of pyridine rings is 2. The van der Waals surface area contributed by atoms with E-state index in [9.17, 15) is 8.78 Å². The second kappa shape index (κ2) is 6.45. The van der Waals surface area contributed by atoms with Gasteiger partial charge in [0, 0.05) is 33.7 Å². The van der Waals surface area contributed by atoms with Crippen LogP contribution in [0.4, 0.5) is 8.78 Å². The third-order valence-corrected chi connectivity index (χ3v) is 3.88. The molecule has 0 bridgehead atoms. The van der Waals surface area contributed by atoms with Crippen LogP contribution in [0.3, 0.4) is 0 Å². The Labute approximate surface area is 144 Å². The number of fused-ring (bicyclic) bond motifs is 1. The van der Waals surface area contributed by atoms with Crippen molar-refractivity contribution in [3.8, 4) is 0 Å². The number of rotatable bonds is 3. The number of allylic oxidation sites excluding steroid dienone is 1. The van der Waals surface area contributed by atoms with Crippen molar-refractivity contribution in [1.82, 2.24) is 9.97 Å². The molecule has 2 aromatic heterocycles. The Balaban J connectivity index is 2.16. The van der Waals surface area contributed by atoms with Crippen molar-refractivity contribution in [2.24, 2.45) is 5.73 Å². The van der Waals surface area contributed by atoms with Crippen molar-refractivity contribution in [1.29, 1.82) is 5.41 Å². The fourth-order valence-corrected chi connectivity index (χ4v) is 2.56. The number of aromatic nitrogens is 2. The normalized spacial score (nSPS) is 12.1. The summed E-state index contributed by atoms with van der Waals surface area (Å²) in [6.45, 7) is 0. The Morgan fingerprint density at radius 3 is 2.58 bits per heavy atom. The first-order chi connectivity index (χ1) is 11.5. The van der Waals surface area contributed by atoms with Gasteiger partial charge in [-0.05, 0) is 52.3 Å². The smallest absolute Gasteiger partial charge is 0.159 e. The van der Waals surface area contributed by atoms with E-state index >= 15 is 0 Å². The van der Waals surface area contributed by atoms with E-state index < -0.39 is 11.6 Å². The number of hydrogen-bond acceptors (Lipinski definition) is 4. The van der Waals surface area contributed by atoms with Crippen LogP contribution in [0.15, 0.2) is 47.1 Å². The van der Waals surface area contributed by atoms with E-state index in [4.69, 9.17) is 11.1 Å². The molecule has 0 fully saturated rings. The molecule has 0 aliphatic rings. The molecular formula is C17H11BrF2N4. The highest BCUT2D eigenvalue weighted by Crippen LogP contribution is 2.24. The maximum absolute atomic E-state index is 13.4. The van der Waals surface area contributed by atoms with Gasteiger partial charge in [0.25, 0.3) is 0 Å². The van der Waals surface area contributed by atoms with E-state index in [1.54, 1.807) is 24.4 Å². The van der Waals surface area contributed by atoms with Crippen LogP contribution < -0.4 is 5.73 Å². The third kappa shape index (κ3) is 3.03. The molecule has 0 unspecified atom stereocenters. The topological polar surface area (TPSA) is 75.7 Å². The number of nitrogens with zero attached hydrogens (tertiary/aromatic N) is 2. The molecule has 0 amide bonds. The van der Waals surface area contributed by atoms with E-state index in [0.29, 0.717) is 22.3 Å². The SMILES string of the molecule is N=C/C(=C(\N)c1ccc(F)c(F)c1)c1ccc2ncc(Br)cc2n1. The van der Waals surface area contributed by atoms with Gasteiger partial charge in [-0.25, -0.2) is 13.8 Å². The van der Waals surface area contributed by atoms with Crippen molar-refractivity contribution in [2.45, 2.75) is 0 Å². The summed E-state index contributed by atoms with van der Waals surface area (Å²) in [5.41, 5.74) is 8.54. The quantitative estimate of drug-likeness (QED) is 0.661. The molecule has 3 N–H and O–H groups in total. The van der Waals surface area contributed by atoms with Gasteiger partial charge < -0.3 is 11.1 Å². The molecule has 3 aromatic rings. The maximum atomic E-state index is 13.4. The monoisotopic (exact) mass is 388 g/mol. The van der Waals surface area contributed by atoms with Gasteiger partial charge in [-0.1, -0.05) is 0 Å². The van der Waals surface area contributed by atoms with Crippen molar-refractivity contribution >= 4 is 44.4 Å². The molecule has 24 heavy (non-hydrogen) atoms.